The van der Waals surface area contributed by atoms with Gasteiger partial charge in [0.25, 0.3) is 0 Å². The van der Waals surface area contributed by atoms with Crippen molar-refractivity contribution in [1.29, 1.82) is 0 Å². The highest BCUT2D eigenvalue weighted by molar-refractivity contribution is 5.79. The number of nitrogens with zero attached hydrogens (tertiary/aromatic N) is 1. The molecule has 94 valence electrons. The fourth-order valence-electron chi connectivity index (χ4n) is 2.22. The average molecular weight is 235 g/mol. The zero-order valence-corrected chi connectivity index (χ0v) is 10.4. The number of aliphatic imine (C=N–C) groups is 1. The Morgan fingerprint density at radius 3 is 2.94 bits per heavy atom. The van der Waals surface area contributed by atoms with Crippen LogP contribution in [-0.2, 0) is 6.42 Å². The predicted octanol–water partition coefficient (Wildman–Crippen LogP) is 1.93. The molecule has 1 aromatic heterocycles. The number of hydrogen-bond donors (Lipinski definition) is 2. The molecule has 2 N–H and O–H groups in total. The molecule has 2 rings (SSSR count). The number of nitrogens with one attached hydrogen (secondary N) is 2. The molecule has 0 spiro atoms. The minimum absolute atomic E-state index is 0.602. The van der Waals surface area contributed by atoms with Gasteiger partial charge in [0.05, 0.1) is 6.26 Å². The lowest BCUT2D eigenvalue weighted by atomic mass is 10.2. The van der Waals surface area contributed by atoms with Crippen molar-refractivity contribution in [3.63, 3.8) is 0 Å². The Kier molecular flexibility index (Phi) is 4.47. The van der Waals surface area contributed by atoms with Crippen molar-refractivity contribution in [2.45, 2.75) is 38.1 Å². The summed E-state index contributed by atoms with van der Waals surface area (Å²) in [6.45, 7) is 0.847. The number of hydrogen-bond acceptors (Lipinski definition) is 2. The molecule has 1 fully saturated rings. The van der Waals surface area contributed by atoms with Gasteiger partial charge in [0, 0.05) is 26.1 Å². The van der Waals surface area contributed by atoms with E-state index < -0.39 is 0 Å². The molecule has 1 aromatic rings. The molecular formula is C13H21N3O. The summed E-state index contributed by atoms with van der Waals surface area (Å²) < 4.78 is 5.28. The van der Waals surface area contributed by atoms with Gasteiger partial charge in [0.1, 0.15) is 5.76 Å². The van der Waals surface area contributed by atoms with E-state index in [9.17, 15) is 0 Å². The van der Waals surface area contributed by atoms with E-state index in [0.717, 1.165) is 24.7 Å². The van der Waals surface area contributed by atoms with Gasteiger partial charge < -0.3 is 15.1 Å². The molecule has 0 bridgehead atoms. The molecule has 4 heteroatoms. The maximum absolute atomic E-state index is 5.28. The molecule has 17 heavy (non-hydrogen) atoms. The first-order valence-corrected chi connectivity index (χ1v) is 6.38. The topological polar surface area (TPSA) is 49.6 Å². The quantitative estimate of drug-likeness (QED) is 0.619. The van der Waals surface area contributed by atoms with E-state index in [1.807, 2.05) is 19.2 Å². The molecule has 1 saturated carbocycles. The first-order chi connectivity index (χ1) is 8.38. The third kappa shape index (κ3) is 3.80. The minimum Gasteiger partial charge on any atom is -0.469 e. The number of guanidine groups is 1. The van der Waals surface area contributed by atoms with Gasteiger partial charge in [-0.2, -0.15) is 0 Å². The molecule has 0 saturated heterocycles. The van der Waals surface area contributed by atoms with Crippen LogP contribution in [0, 0.1) is 0 Å². The molecule has 0 radical (unpaired) electrons. The molecular weight excluding hydrogens is 214 g/mol. The molecule has 4 nitrogen and oxygen atoms in total. The first kappa shape index (κ1) is 12.0. The number of furan rings is 1. The lowest BCUT2D eigenvalue weighted by Crippen LogP contribution is -2.42. The Morgan fingerprint density at radius 2 is 2.29 bits per heavy atom. The molecule has 1 aliphatic carbocycles. The largest absolute Gasteiger partial charge is 0.469 e. The Labute approximate surface area is 102 Å². The Morgan fingerprint density at radius 1 is 1.47 bits per heavy atom. The second-order valence-corrected chi connectivity index (χ2v) is 4.45. The summed E-state index contributed by atoms with van der Waals surface area (Å²) in [4.78, 5) is 4.23. The van der Waals surface area contributed by atoms with Crippen molar-refractivity contribution < 1.29 is 4.42 Å². The highest BCUT2D eigenvalue weighted by atomic mass is 16.3. The Hall–Kier alpha value is -1.45. The summed E-state index contributed by atoms with van der Waals surface area (Å²) in [5, 5.41) is 6.77. The van der Waals surface area contributed by atoms with Gasteiger partial charge in [-0.05, 0) is 25.0 Å². The second-order valence-electron chi connectivity index (χ2n) is 4.45. The molecule has 0 atom stereocenters. The van der Waals surface area contributed by atoms with Crippen LogP contribution >= 0.6 is 0 Å². The van der Waals surface area contributed by atoms with E-state index in [1.54, 1.807) is 6.26 Å². The Bertz CT molecular complexity index is 340. The lowest BCUT2D eigenvalue weighted by molar-refractivity contribution is 0.506. The fourth-order valence-corrected chi connectivity index (χ4v) is 2.22. The molecule has 0 unspecified atom stereocenters. The van der Waals surface area contributed by atoms with Crippen LogP contribution in [0.25, 0.3) is 0 Å². The SMILES string of the molecule is CN=C(NCCc1ccco1)NC1CCCC1. The van der Waals surface area contributed by atoms with Crippen LogP contribution < -0.4 is 10.6 Å². The van der Waals surface area contributed by atoms with E-state index in [1.165, 1.54) is 25.7 Å². The minimum atomic E-state index is 0.602. The third-order valence-corrected chi connectivity index (χ3v) is 3.16. The van der Waals surface area contributed by atoms with Gasteiger partial charge in [-0.25, -0.2) is 0 Å². The van der Waals surface area contributed by atoms with E-state index in [-0.39, 0.29) is 0 Å². The first-order valence-electron chi connectivity index (χ1n) is 6.38. The summed E-state index contributed by atoms with van der Waals surface area (Å²) >= 11 is 0. The van der Waals surface area contributed by atoms with E-state index in [2.05, 4.69) is 15.6 Å². The van der Waals surface area contributed by atoms with Crippen LogP contribution in [0.4, 0.5) is 0 Å². The maximum Gasteiger partial charge on any atom is 0.191 e. The van der Waals surface area contributed by atoms with Gasteiger partial charge >= 0.3 is 0 Å². The van der Waals surface area contributed by atoms with Gasteiger partial charge in [-0.1, -0.05) is 12.8 Å². The number of rotatable bonds is 4. The molecule has 0 aromatic carbocycles. The van der Waals surface area contributed by atoms with Crippen LogP contribution in [0.3, 0.4) is 0 Å². The van der Waals surface area contributed by atoms with Crippen molar-refractivity contribution >= 4 is 5.96 Å². The van der Waals surface area contributed by atoms with E-state index in [0.29, 0.717) is 6.04 Å². The van der Waals surface area contributed by atoms with Crippen molar-refractivity contribution in [3.05, 3.63) is 24.2 Å². The van der Waals surface area contributed by atoms with Crippen LogP contribution in [0.15, 0.2) is 27.8 Å². The normalized spacial score (nSPS) is 17.4. The van der Waals surface area contributed by atoms with Crippen molar-refractivity contribution in [2.75, 3.05) is 13.6 Å². The summed E-state index contributed by atoms with van der Waals surface area (Å²) in [6.07, 6.45) is 7.79. The smallest absolute Gasteiger partial charge is 0.191 e. The third-order valence-electron chi connectivity index (χ3n) is 3.16. The molecule has 0 amide bonds. The second kappa shape index (κ2) is 6.33. The standard InChI is InChI=1S/C13H21N3O/c1-14-13(16-11-5-2-3-6-11)15-9-8-12-7-4-10-17-12/h4,7,10-11H,2-3,5-6,8-9H2,1H3,(H2,14,15,16). The van der Waals surface area contributed by atoms with E-state index >= 15 is 0 Å². The monoisotopic (exact) mass is 235 g/mol. The van der Waals surface area contributed by atoms with Gasteiger partial charge in [0.15, 0.2) is 5.96 Å². The maximum atomic E-state index is 5.28. The summed E-state index contributed by atoms with van der Waals surface area (Å²) in [5.74, 6) is 1.91. The zero-order chi connectivity index (χ0) is 11.9. The fraction of sp³-hybridized carbons (Fsp3) is 0.615. The highest BCUT2D eigenvalue weighted by Crippen LogP contribution is 2.17. The van der Waals surface area contributed by atoms with Gasteiger partial charge in [-0.3, -0.25) is 4.99 Å². The Balaban J connectivity index is 1.68. The van der Waals surface area contributed by atoms with Crippen LogP contribution in [-0.4, -0.2) is 25.6 Å². The summed E-state index contributed by atoms with van der Waals surface area (Å²) in [6, 6.07) is 4.51. The molecule has 0 aliphatic heterocycles. The summed E-state index contributed by atoms with van der Waals surface area (Å²) in [7, 11) is 1.82. The van der Waals surface area contributed by atoms with Gasteiger partial charge in [0.2, 0.25) is 0 Å². The van der Waals surface area contributed by atoms with Crippen LogP contribution in [0.5, 0.6) is 0 Å². The summed E-state index contributed by atoms with van der Waals surface area (Å²) in [5.41, 5.74) is 0. The lowest BCUT2D eigenvalue weighted by Gasteiger charge is -2.16. The van der Waals surface area contributed by atoms with Gasteiger partial charge in [-0.15, -0.1) is 0 Å². The zero-order valence-electron chi connectivity index (χ0n) is 10.4. The van der Waals surface area contributed by atoms with Crippen LogP contribution in [0.2, 0.25) is 0 Å². The van der Waals surface area contributed by atoms with Crippen LogP contribution in [0.1, 0.15) is 31.4 Å². The van der Waals surface area contributed by atoms with Crippen molar-refractivity contribution in [3.8, 4) is 0 Å². The van der Waals surface area contributed by atoms with Crippen molar-refractivity contribution in [1.82, 2.24) is 10.6 Å². The highest BCUT2D eigenvalue weighted by Gasteiger charge is 2.15. The van der Waals surface area contributed by atoms with Crippen molar-refractivity contribution in [2.24, 2.45) is 4.99 Å². The van der Waals surface area contributed by atoms with E-state index in [4.69, 9.17) is 4.42 Å². The molecule has 1 heterocycles. The predicted molar refractivity (Wildman–Crippen MR) is 69.2 cm³/mol. The average Bonchev–Trinajstić information content (AvgIpc) is 3.00. The molecule has 1 aliphatic rings.